The minimum Gasteiger partial charge on any atom is -0.493 e. The van der Waals surface area contributed by atoms with Crippen molar-refractivity contribution < 1.29 is 14.3 Å². The fourth-order valence-electron chi connectivity index (χ4n) is 1.77. The first-order chi connectivity index (χ1) is 10.1. The van der Waals surface area contributed by atoms with Crippen LogP contribution in [0.15, 0.2) is 36.5 Å². The fourth-order valence-corrected chi connectivity index (χ4v) is 1.94. The molecule has 5 nitrogen and oxygen atoms in total. The van der Waals surface area contributed by atoms with E-state index in [4.69, 9.17) is 21.1 Å². The average molecular weight is 307 g/mol. The van der Waals surface area contributed by atoms with Gasteiger partial charge in [0.2, 0.25) is 0 Å². The second kappa shape index (κ2) is 6.95. The Morgan fingerprint density at radius 2 is 2.10 bits per heavy atom. The number of ether oxygens (including phenoxy) is 2. The molecule has 0 spiro atoms. The van der Waals surface area contributed by atoms with Gasteiger partial charge in [-0.1, -0.05) is 11.6 Å². The number of nitrogens with zero attached hydrogens (tertiary/aromatic N) is 1. The highest BCUT2D eigenvalue weighted by Gasteiger charge is 2.10. The van der Waals surface area contributed by atoms with Gasteiger partial charge in [-0.2, -0.15) is 0 Å². The number of carbonyl (C=O) groups is 1. The predicted molar refractivity (Wildman–Crippen MR) is 81.4 cm³/mol. The first-order valence-corrected chi connectivity index (χ1v) is 6.75. The van der Waals surface area contributed by atoms with Crippen molar-refractivity contribution in [3.8, 4) is 11.5 Å². The molecule has 110 valence electrons. The number of hydrogen-bond acceptors (Lipinski definition) is 4. The van der Waals surface area contributed by atoms with Crippen LogP contribution in [0.25, 0.3) is 0 Å². The quantitative estimate of drug-likeness (QED) is 0.860. The van der Waals surface area contributed by atoms with E-state index in [2.05, 4.69) is 10.3 Å². The monoisotopic (exact) mass is 306 g/mol. The van der Waals surface area contributed by atoms with Crippen molar-refractivity contribution >= 4 is 23.2 Å². The van der Waals surface area contributed by atoms with E-state index in [0.717, 1.165) is 0 Å². The van der Waals surface area contributed by atoms with Crippen LogP contribution in [-0.2, 0) is 0 Å². The fraction of sp³-hybridized carbons (Fsp3) is 0.200. The molecule has 1 heterocycles. The molecule has 1 amide bonds. The van der Waals surface area contributed by atoms with E-state index in [1.54, 1.807) is 31.4 Å². The number of pyridine rings is 1. The molecule has 0 aliphatic heterocycles. The molecule has 0 fully saturated rings. The zero-order valence-electron chi connectivity index (χ0n) is 11.7. The van der Waals surface area contributed by atoms with Gasteiger partial charge in [-0.15, -0.1) is 0 Å². The molecular formula is C15H15ClN2O3. The van der Waals surface area contributed by atoms with Gasteiger partial charge in [-0.25, -0.2) is 4.98 Å². The highest BCUT2D eigenvalue weighted by Crippen LogP contribution is 2.30. The molecule has 1 aromatic carbocycles. The molecule has 21 heavy (non-hydrogen) atoms. The van der Waals surface area contributed by atoms with E-state index in [-0.39, 0.29) is 11.1 Å². The maximum absolute atomic E-state index is 12.1. The lowest BCUT2D eigenvalue weighted by molar-refractivity contribution is 0.102. The van der Waals surface area contributed by atoms with Gasteiger partial charge in [-0.05, 0) is 31.2 Å². The molecule has 0 aliphatic carbocycles. The number of aromatic nitrogens is 1. The number of halogens is 1. The molecule has 0 radical (unpaired) electrons. The molecular weight excluding hydrogens is 292 g/mol. The van der Waals surface area contributed by atoms with E-state index in [1.165, 1.54) is 12.3 Å². The summed E-state index contributed by atoms with van der Waals surface area (Å²) in [5.74, 6) is 0.915. The zero-order valence-corrected chi connectivity index (χ0v) is 12.5. The smallest absolute Gasteiger partial charge is 0.255 e. The largest absolute Gasteiger partial charge is 0.493 e. The van der Waals surface area contributed by atoms with Gasteiger partial charge in [0.15, 0.2) is 11.5 Å². The molecule has 1 aromatic heterocycles. The van der Waals surface area contributed by atoms with Crippen LogP contribution in [0, 0.1) is 0 Å². The van der Waals surface area contributed by atoms with Crippen molar-refractivity contribution in [2.24, 2.45) is 0 Å². The van der Waals surface area contributed by atoms with Crippen molar-refractivity contribution in [3.05, 3.63) is 47.2 Å². The third-order valence-corrected chi connectivity index (χ3v) is 2.92. The number of methoxy groups -OCH3 is 1. The van der Waals surface area contributed by atoms with Gasteiger partial charge >= 0.3 is 0 Å². The summed E-state index contributed by atoms with van der Waals surface area (Å²) < 4.78 is 10.7. The molecule has 0 aliphatic rings. The van der Waals surface area contributed by atoms with Crippen molar-refractivity contribution in [3.63, 3.8) is 0 Å². The van der Waals surface area contributed by atoms with E-state index in [1.807, 2.05) is 6.92 Å². The molecule has 0 saturated heterocycles. The maximum atomic E-state index is 12.1. The lowest BCUT2D eigenvalue weighted by Gasteiger charge is -2.11. The molecule has 0 bridgehead atoms. The zero-order chi connectivity index (χ0) is 15.2. The van der Waals surface area contributed by atoms with Gasteiger partial charge in [0.1, 0.15) is 5.15 Å². The molecule has 0 unspecified atom stereocenters. The summed E-state index contributed by atoms with van der Waals surface area (Å²) >= 11 is 5.77. The number of benzene rings is 1. The minimum atomic E-state index is -0.273. The Morgan fingerprint density at radius 3 is 2.76 bits per heavy atom. The lowest BCUT2D eigenvalue weighted by atomic mass is 10.2. The second-order valence-electron chi connectivity index (χ2n) is 4.12. The Balaban J connectivity index is 2.17. The Labute approximate surface area is 127 Å². The summed E-state index contributed by atoms with van der Waals surface area (Å²) in [7, 11) is 1.55. The summed E-state index contributed by atoms with van der Waals surface area (Å²) in [6.45, 7) is 2.43. The number of anilines is 1. The van der Waals surface area contributed by atoms with Crippen LogP contribution in [-0.4, -0.2) is 24.6 Å². The number of hydrogen-bond donors (Lipinski definition) is 1. The topological polar surface area (TPSA) is 60.5 Å². The second-order valence-corrected chi connectivity index (χ2v) is 4.51. The van der Waals surface area contributed by atoms with Crippen LogP contribution >= 0.6 is 11.6 Å². The highest BCUT2D eigenvalue weighted by molar-refractivity contribution is 6.29. The van der Waals surface area contributed by atoms with E-state index >= 15 is 0 Å². The average Bonchev–Trinajstić information content (AvgIpc) is 2.49. The Bertz CT molecular complexity index is 647. The first-order valence-electron chi connectivity index (χ1n) is 6.37. The van der Waals surface area contributed by atoms with Crippen molar-refractivity contribution in [1.82, 2.24) is 4.98 Å². The van der Waals surface area contributed by atoms with Gasteiger partial charge < -0.3 is 14.8 Å². The van der Waals surface area contributed by atoms with Crippen LogP contribution in [0.2, 0.25) is 5.15 Å². The summed E-state index contributed by atoms with van der Waals surface area (Å²) in [6.07, 6.45) is 1.48. The van der Waals surface area contributed by atoms with E-state index < -0.39 is 0 Å². The normalized spacial score (nSPS) is 10.0. The van der Waals surface area contributed by atoms with Gasteiger partial charge in [0, 0.05) is 23.5 Å². The minimum absolute atomic E-state index is 0.270. The van der Waals surface area contributed by atoms with Crippen molar-refractivity contribution in [2.45, 2.75) is 6.92 Å². The Kier molecular flexibility index (Phi) is 5.00. The molecule has 0 saturated carbocycles. The van der Waals surface area contributed by atoms with Gasteiger partial charge in [0.05, 0.1) is 13.7 Å². The van der Waals surface area contributed by atoms with Crippen LogP contribution in [0.3, 0.4) is 0 Å². The van der Waals surface area contributed by atoms with E-state index in [0.29, 0.717) is 29.4 Å². The Morgan fingerprint density at radius 1 is 1.29 bits per heavy atom. The third kappa shape index (κ3) is 3.86. The molecule has 2 rings (SSSR count). The third-order valence-electron chi connectivity index (χ3n) is 2.71. The van der Waals surface area contributed by atoms with Gasteiger partial charge in [-0.3, -0.25) is 4.79 Å². The van der Waals surface area contributed by atoms with Crippen LogP contribution in [0.4, 0.5) is 5.69 Å². The first kappa shape index (κ1) is 15.1. The summed E-state index contributed by atoms with van der Waals surface area (Å²) in [6, 6.07) is 8.28. The predicted octanol–water partition coefficient (Wildman–Crippen LogP) is 3.39. The Hall–Kier alpha value is -2.27. The van der Waals surface area contributed by atoms with Crippen LogP contribution in [0.1, 0.15) is 17.3 Å². The number of nitrogens with one attached hydrogen (secondary N) is 1. The van der Waals surface area contributed by atoms with E-state index in [9.17, 15) is 4.79 Å². The number of amides is 1. The lowest BCUT2D eigenvalue weighted by Crippen LogP contribution is -2.12. The van der Waals surface area contributed by atoms with Gasteiger partial charge in [0.25, 0.3) is 5.91 Å². The molecule has 0 atom stereocenters. The highest BCUT2D eigenvalue weighted by atomic mass is 35.5. The summed E-state index contributed by atoms with van der Waals surface area (Å²) in [4.78, 5) is 15.9. The molecule has 6 heteroatoms. The SMILES string of the molecule is CCOc1ccc(NC(=O)c2ccnc(Cl)c2)cc1OC. The summed E-state index contributed by atoms with van der Waals surface area (Å²) in [5, 5.41) is 3.04. The van der Waals surface area contributed by atoms with Crippen LogP contribution in [0.5, 0.6) is 11.5 Å². The summed E-state index contributed by atoms with van der Waals surface area (Å²) in [5.41, 5.74) is 1.04. The van der Waals surface area contributed by atoms with Crippen molar-refractivity contribution in [1.29, 1.82) is 0 Å². The maximum Gasteiger partial charge on any atom is 0.255 e. The molecule has 1 N–H and O–H groups in total. The standard InChI is InChI=1S/C15H15ClN2O3/c1-3-21-12-5-4-11(9-13(12)20-2)18-15(19)10-6-7-17-14(16)8-10/h4-9H,3H2,1-2H3,(H,18,19). The number of carbonyl (C=O) groups excluding carboxylic acids is 1. The van der Waals surface area contributed by atoms with Crippen LogP contribution < -0.4 is 14.8 Å². The van der Waals surface area contributed by atoms with Crippen molar-refractivity contribution in [2.75, 3.05) is 19.0 Å². The molecule has 2 aromatic rings. The number of rotatable bonds is 5.